The summed E-state index contributed by atoms with van der Waals surface area (Å²) in [7, 11) is -3.10. The minimum absolute atomic E-state index is 0.0322. The van der Waals surface area contributed by atoms with Gasteiger partial charge in [-0.25, -0.2) is 32.2 Å². The largest absolute Gasteiger partial charge is 0.491 e. The predicted octanol–water partition coefficient (Wildman–Crippen LogP) is 4.21. The molecule has 2 aromatic carbocycles. The van der Waals surface area contributed by atoms with E-state index >= 15 is 0 Å². The number of sulfonamides is 1. The van der Waals surface area contributed by atoms with Crippen LogP contribution in [0.2, 0.25) is 0 Å². The van der Waals surface area contributed by atoms with Gasteiger partial charge in [0.1, 0.15) is 39.8 Å². The molecular weight excluding hydrogens is 504 g/mol. The van der Waals surface area contributed by atoms with Crippen LogP contribution in [-0.2, 0) is 10.0 Å². The maximum atomic E-state index is 14.2. The van der Waals surface area contributed by atoms with E-state index in [0.717, 1.165) is 36.1 Å². The Kier molecular flexibility index (Phi) is 7.79. The average molecular weight is 530 g/mol. The molecule has 0 fully saturated rings. The molecule has 4 aromatic rings. The van der Waals surface area contributed by atoms with E-state index in [1.807, 2.05) is 13.0 Å². The summed E-state index contributed by atoms with van der Waals surface area (Å²) in [4.78, 5) is 12.1. The summed E-state index contributed by atoms with van der Waals surface area (Å²) in [6, 6.07) is 7.32. The minimum atomic E-state index is -4.43. The maximum absolute atomic E-state index is 14.2. The molecule has 12 heteroatoms. The van der Waals surface area contributed by atoms with Crippen molar-refractivity contribution < 1.29 is 26.7 Å². The number of rotatable bonds is 10. The summed E-state index contributed by atoms with van der Waals surface area (Å²) in [5, 5.41) is 0.750. The standard InChI is InChI=1S/C25H25F2N5O4S/c1-15-19-9-16(11-22(24(19)31-14-30-15)36-8-4-3-7-28)17-10-21(25(35-2)29-13-17)32-37(33,34)23-6-5-18(26)12-20(23)27/h5-6,9-14,32H,3-4,7-8,28H2,1-2H3. The number of benzene rings is 2. The first-order valence-corrected chi connectivity index (χ1v) is 12.8. The summed E-state index contributed by atoms with van der Waals surface area (Å²) < 4.78 is 66.8. The molecule has 0 radical (unpaired) electrons. The van der Waals surface area contributed by atoms with Crippen molar-refractivity contribution in [3.63, 3.8) is 0 Å². The molecule has 0 aliphatic heterocycles. The van der Waals surface area contributed by atoms with Crippen molar-refractivity contribution in [1.82, 2.24) is 15.0 Å². The van der Waals surface area contributed by atoms with E-state index in [1.54, 1.807) is 6.07 Å². The fourth-order valence-electron chi connectivity index (χ4n) is 3.70. The highest BCUT2D eigenvalue weighted by Gasteiger charge is 2.22. The molecule has 0 saturated heterocycles. The second kappa shape index (κ2) is 11.0. The first-order valence-electron chi connectivity index (χ1n) is 11.3. The number of unbranched alkanes of at least 4 members (excludes halogenated alkanes) is 1. The van der Waals surface area contributed by atoms with Gasteiger partial charge in [0.25, 0.3) is 10.0 Å². The van der Waals surface area contributed by atoms with Crippen molar-refractivity contribution in [1.29, 1.82) is 0 Å². The van der Waals surface area contributed by atoms with E-state index in [0.29, 0.717) is 41.6 Å². The molecule has 0 unspecified atom stereocenters. The smallest absolute Gasteiger partial charge is 0.264 e. The van der Waals surface area contributed by atoms with E-state index in [2.05, 4.69) is 19.7 Å². The second-order valence-electron chi connectivity index (χ2n) is 8.13. The van der Waals surface area contributed by atoms with E-state index in [4.69, 9.17) is 15.2 Å². The molecule has 0 aliphatic carbocycles. The number of nitrogens with one attached hydrogen (secondary N) is 1. The highest BCUT2D eigenvalue weighted by molar-refractivity contribution is 7.92. The SMILES string of the molecule is COc1ncc(-c2cc(OCCCCN)c3ncnc(C)c3c2)cc1NS(=O)(=O)c1ccc(F)cc1F. The summed E-state index contributed by atoms with van der Waals surface area (Å²) in [6.45, 7) is 2.84. The number of aromatic nitrogens is 3. The van der Waals surface area contributed by atoms with Gasteiger partial charge >= 0.3 is 0 Å². The fourth-order valence-corrected chi connectivity index (χ4v) is 4.81. The van der Waals surface area contributed by atoms with Gasteiger partial charge in [-0.2, -0.15) is 0 Å². The normalized spacial score (nSPS) is 11.5. The third-order valence-corrected chi connectivity index (χ3v) is 6.96. The molecule has 0 bridgehead atoms. The summed E-state index contributed by atoms with van der Waals surface area (Å²) in [5.74, 6) is -1.62. The molecule has 0 atom stereocenters. The summed E-state index contributed by atoms with van der Waals surface area (Å²) in [6.07, 6.45) is 4.54. The van der Waals surface area contributed by atoms with Crippen LogP contribution in [0.25, 0.3) is 22.0 Å². The van der Waals surface area contributed by atoms with Crippen LogP contribution in [0.1, 0.15) is 18.5 Å². The maximum Gasteiger partial charge on any atom is 0.264 e. The third-order valence-electron chi connectivity index (χ3n) is 5.56. The van der Waals surface area contributed by atoms with E-state index in [9.17, 15) is 17.2 Å². The Morgan fingerprint density at radius 1 is 1.03 bits per heavy atom. The lowest BCUT2D eigenvalue weighted by Gasteiger charge is -2.15. The van der Waals surface area contributed by atoms with Gasteiger partial charge in [-0.3, -0.25) is 4.72 Å². The van der Waals surface area contributed by atoms with Gasteiger partial charge in [0.05, 0.1) is 13.7 Å². The molecule has 0 amide bonds. The molecule has 9 nitrogen and oxygen atoms in total. The number of hydrogen-bond acceptors (Lipinski definition) is 8. The first-order chi connectivity index (χ1) is 17.7. The molecule has 0 saturated carbocycles. The number of fused-ring (bicyclic) bond motifs is 1. The lowest BCUT2D eigenvalue weighted by molar-refractivity contribution is 0.311. The van der Waals surface area contributed by atoms with Crippen molar-refractivity contribution in [2.75, 3.05) is 25.0 Å². The van der Waals surface area contributed by atoms with Gasteiger partial charge < -0.3 is 15.2 Å². The molecular formula is C25H25F2N5O4S. The first kappa shape index (κ1) is 26.2. The Morgan fingerprint density at radius 3 is 2.57 bits per heavy atom. The summed E-state index contributed by atoms with van der Waals surface area (Å²) in [5.41, 5.74) is 8.09. The van der Waals surface area contributed by atoms with Crippen LogP contribution in [0.4, 0.5) is 14.5 Å². The van der Waals surface area contributed by atoms with Crippen LogP contribution in [-0.4, -0.2) is 43.6 Å². The van der Waals surface area contributed by atoms with Crippen LogP contribution in [0.15, 0.2) is 53.8 Å². The van der Waals surface area contributed by atoms with Gasteiger partial charge in [-0.1, -0.05) is 0 Å². The highest BCUT2D eigenvalue weighted by atomic mass is 32.2. The van der Waals surface area contributed by atoms with Crippen LogP contribution >= 0.6 is 0 Å². The quantitative estimate of drug-likeness (QED) is 0.292. The van der Waals surface area contributed by atoms with Crippen molar-refractivity contribution in [3.8, 4) is 22.8 Å². The number of nitrogens with zero attached hydrogens (tertiary/aromatic N) is 3. The number of pyridine rings is 1. The molecule has 3 N–H and O–H groups in total. The summed E-state index contributed by atoms with van der Waals surface area (Å²) >= 11 is 0. The number of aryl methyl sites for hydroxylation is 1. The fraction of sp³-hybridized carbons (Fsp3) is 0.240. The van der Waals surface area contributed by atoms with Gasteiger partial charge in [0.15, 0.2) is 0 Å². The topological polar surface area (TPSA) is 129 Å². The van der Waals surface area contributed by atoms with E-state index in [-0.39, 0.29) is 11.6 Å². The lowest BCUT2D eigenvalue weighted by Crippen LogP contribution is -2.15. The zero-order chi connectivity index (χ0) is 26.6. The minimum Gasteiger partial charge on any atom is -0.491 e. The van der Waals surface area contributed by atoms with Crippen molar-refractivity contribution in [2.24, 2.45) is 5.73 Å². The lowest BCUT2D eigenvalue weighted by atomic mass is 10.0. The molecule has 0 spiro atoms. The van der Waals surface area contributed by atoms with E-state index in [1.165, 1.54) is 25.7 Å². The highest BCUT2D eigenvalue weighted by Crippen LogP contribution is 2.35. The van der Waals surface area contributed by atoms with Gasteiger partial charge in [-0.05, 0) is 62.2 Å². The third kappa shape index (κ3) is 5.75. The van der Waals surface area contributed by atoms with Gasteiger partial charge in [0, 0.05) is 28.9 Å². The van der Waals surface area contributed by atoms with Crippen LogP contribution in [0, 0.1) is 18.6 Å². The van der Waals surface area contributed by atoms with E-state index < -0.39 is 26.6 Å². The Bertz CT molecular complexity index is 1550. The zero-order valence-corrected chi connectivity index (χ0v) is 21.0. The molecule has 37 heavy (non-hydrogen) atoms. The van der Waals surface area contributed by atoms with Crippen molar-refractivity contribution in [3.05, 3.63) is 66.3 Å². The van der Waals surface area contributed by atoms with Crippen LogP contribution < -0.4 is 19.9 Å². The van der Waals surface area contributed by atoms with Gasteiger partial charge in [-0.15, -0.1) is 0 Å². The molecule has 194 valence electrons. The Balaban J connectivity index is 1.76. The number of halogens is 2. The molecule has 2 aromatic heterocycles. The van der Waals surface area contributed by atoms with Crippen LogP contribution in [0.5, 0.6) is 11.6 Å². The molecule has 4 rings (SSSR count). The zero-order valence-electron chi connectivity index (χ0n) is 20.2. The van der Waals surface area contributed by atoms with Crippen LogP contribution in [0.3, 0.4) is 0 Å². The number of ether oxygens (including phenoxy) is 2. The molecule has 0 aliphatic rings. The Morgan fingerprint density at radius 2 is 1.84 bits per heavy atom. The monoisotopic (exact) mass is 529 g/mol. The second-order valence-corrected chi connectivity index (χ2v) is 9.79. The average Bonchev–Trinajstić information content (AvgIpc) is 2.86. The predicted molar refractivity (Wildman–Crippen MR) is 135 cm³/mol. The van der Waals surface area contributed by atoms with Gasteiger partial charge in [0.2, 0.25) is 5.88 Å². The Labute approximate surface area is 212 Å². The number of methoxy groups -OCH3 is 1. The number of hydrogen-bond donors (Lipinski definition) is 2. The number of anilines is 1. The Hall–Kier alpha value is -3.90. The molecule has 2 heterocycles. The van der Waals surface area contributed by atoms with Crippen molar-refractivity contribution >= 4 is 26.6 Å². The number of nitrogens with two attached hydrogens (primary N) is 1. The van der Waals surface area contributed by atoms with Crippen molar-refractivity contribution in [2.45, 2.75) is 24.7 Å².